The van der Waals surface area contributed by atoms with Gasteiger partial charge in [0, 0.05) is 11.7 Å². The second-order valence-electron chi connectivity index (χ2n) is 5.74. The van der Waals surface area contributed by atoms with Gasteiger partial charge in [0.25, 0.3) is 5.91 Å². The molecule has 0 aromatic carbocycles. The molecule has 9 heteroatoms. The Bertz CT molecular complexity index is 568. The fourth-order valence-corrected chi connectivity index (χ4v) is 1.55. The van der Waals surface area contributed by atoms with Crippen LogP contribution in [0, 0.1) is 0 Å². The summed E-state index contributed by atoms with van der Waals surface area (Å²) in [4.78, 5) is 27.2. The number of pyridine rings is 1. The molecule has 0 radical (unpaired) electrons. The number of amides is 2. The molecule has 0 aliphatic heterocycles. The third-order valence-corrected chi connectivity index (χ3v) is 2.31. The van der Waals surface area contributed by atoms with Gasteiger partial charge in [-0.25, -0.2) is 4.98 Å². The van der Waals surface area contributed by atoms with Crippen molar-refractivity contribution < 1.29 is 27.5 Å². The van der Waals surface area contributed by atoms with E-state index < -0.39 is 36.0 Å². The third kappa shape index (κ3) is 7.48. The van der Waals surface area contributed by atoms with Crippen LogP contribution in [0.15, 0.2) is 18.3 Å². The van der Waals surface area contributed by atoms with E-state index in [0.29, 0.717) is 0 Å². The molecular weight excluding hydrogens is 315 g/mol. The van der Waals surface area contributed by atoms with E-state index in [1.807, 2.05) is 0 Å². The van der Waals surface area contributed by atoms with Crippen LogP contribution in [-0.2, 0) is 4.79 Å². The highest BCUT2D eigenvalue weighted by atomic mass is 19.4. The molecule has 23 heavy (non-hydrogen) atoms. The lowest BCUT2D eigenvalue weighted by Gasteiger charge is -2.20. The molecule has 1 aromatic rings. The lowest BCUT2D eigenvalue weighted by Crippen LogP contribution is -2.45. The van der Waals surface area contributed by atoms with Crippen LogP contribution in [0.2, 0.25) is 0 Å². The van der Waals surface area contributed by atoms with Crippen LogP contribution in [0.3, 0.4) is 0 Å². The summed E-state index contributed by atoms with van der Waals surface area (Å²) in [6, 6.07) is 2.64. The van der Waals surface area contributed by atoms with Gasteiger partial charge >= 0.3 is 6.18 Å². The Morgan fingerprint density at radius 2 is 1.91 bits per heavy atom. The number of carbonyl (C=O) groups excluding carboxylic acids is 2. The zero-order chi connectivity index (χ0) is 17.7. The van der Waals surface area contributed by atoms with Gasteiger partial charge in [-0.3, -0.25) is 9.59 Å². The van der Waals surface area contributed by atoms with Crippen molar-refractivity contribution in [1.82, 2.24) is 15.6 Å². The maximum Gasteiger partial charge on any atom is 0.422 e. The molecule has 0 unspecified atom stereocenters. The van der Waals surface area contributed by atoms with Gasteiger partial charge in [-0.1, -0.05) is 0 Å². The Labute approximate surface area is 131 Å². The normalized spacial score (nSPS) is 11.7. The van der Waals surface area contributed by atoms with E-state index in [1.54, 1.807) is 20.8 Å². The average molecular weight is 333 g/mol. The Morgan fingerprint density at radius 1 is 1.26 bits per heavy atom. The standard InChI is InChI=1S/C14H18F3N3O3/c1-13(2,3)20-10(21)7-19-11(22)9-5-4-6-18-12(9)23-8-14(15,16)17/h4-6H,7-8H2,1-3H3,(H,19,22)(H,20,21). The van der Waals surface area contributed by atoms with Crippen LogP contribution in [0.25, 0.3) is 0 Å². The summed E-state index contributed by atoms with van der Waals surface area (Å²) in [6.07, 6.45) is -3.34. The molecule has 0 saturated carbocycles. The summed E-state index contributed by atoms with van der Waals surface area (Å²) < 4.78 is 41.1. The van der Waals surface area contributed by atoms with Crippen LogP contribution in [0.1, 0.15) is 31.1 Å². The van der Waals surface area contributed by atoms with Gasteiger partial charge in [0.15, 0.2) is 6.61 Å². The maximum atomic E-state index is 12.2. The maximum absolute atomic E-state index is 12.2. The van der Waals surface area contributed by atoms with Gasteiger partial charge in [0.05, 0.1) is 6.54 Å². The number of nitrogens with zero attached hydrogens (tertiary/aromatic N) is 1. The minimum Gasteiger partial charge on any atom is -0.467 e. The van der Waals surface area contributed by atoms with Crippen molar-refractivity contribution in [2.24, 2.45) is 0 Å². The lowest BCUT2D eigenvalue weighted by atomic mass is 10.1. The zero-order valence-corrected chi connectivity index (χ0v) is 13.0. The molecule has 0 fully saturated rings. The summed E-state index contributed by atoms with van der Waals surface area (Å²) in [5.41, 5.74) is -0.641. The monoisotopic (exact) mass is 333 g/mol. The van der Waals surface area contributed by atoms with Crippen molar-refractivity contribution in [1.29, 1.82) is 0 Å². The summed E-state index contributed by atoms with van der Waals surface area (Å²) in [5, 5.41) is 4.94. The second kappa shape index (κ2) is 7.30. The number of rotatable bonds is 5. The molecule has 2 amide bonds. The van der Waals surface area contributed by atoms with E-state index in [4.69, 9.17) is 0 Å². The highest BCUT2D eigenvalue weighted by molar-refractivity contribution is 5.98. The van der Waals surface area contributed by atoms with Crippen molar-refractivity contribution in [2.75, 3.05) is 13.2 Å². The van der Waals surface area contributed by atoms with Crippen LogP contribution in [0.5, 0.6) is 5.88 Å². The molecule has 6 nitrogen and oxygen atoms in total. The largest absolute Gasteiger partial charge is 0.467 e. The van der Waals surface area contributed by atoms with Gasteiger partial charge in [-0.2, -0.15) is 13.2 Å². The SMILES string of the molecule is CC(C)(C)NC(=O)CNC(=O)c1cccnc1OCC(F)(F)F. The first-order valence-corrected chi connectivity index (χ1v) is 6.72. The number of halogens is 3. The molecule has 1 heterocycles. The highest BCUT2D eigenvalue weighted by Crippen LogP contribution is 2.19. The summed E-state index contributed by atoms with van der Waals surface area (Å²) >= 11 is 0. The lowest BCUT2D eigenvalue weighted by molar-refractivity contribution is -0.154. The Balaban J connectivity index is 2.68. The molecule has 0 atom stereocenters. The summed E-state index contributed by atoms with van der Waals surface area (Å²) in [6.45, 7) is 3.45. The first-order valence-electron chi connectivity index (χ1n) is 6.72. The van der Waals surface area contributed by atoms with Crippen LogP contribution in [0.4, 0.5) is 13.2 Å². The molecule has 0 bridgehead atoms. The zero-order valence-electron chi connectivity index (χ0n) is 13.0. The average Bonchev–Trinajstić information content (AvgIpc) is 2.40. The van der Waals surface area contributed by atoms with E-state index in [-0.39, 0.29) is 12.1 Å². The number of aromatic nitrogens is 1. The van der Waals surface area contributed by atoms with E-state index in [0.717, 1.165) is 0 Å². The van der Waals surface area contributed by atoms with E-state index in [2.05, 4.69) is 20.4 Å². The molecule has 1 rings (SSSR count). The van der Waals surface area contributed by atoms with Gasteiger partial charge in [0.2, 0.25) is 11.8 Å². The third-order valence-electron chi connectivity index (χ3n) is 2.31. The van der Waals surface area contributed by atoms with Crippen molar-refractivity contribution in [3.63, 3.8) is 0 Å². The van der Waals surface area contributed by atoms with Crippen LogP contribution >= 0.6 is 0 Å². The van der Waals surface area contributed by atoms with Gasteiger partial charge in [0.1, 0.15) is 5.56 Å². The first-order chi connectivity index (χ1) is 10.5. The molecule has 128 valence electrons. The number of hydrogen-bond acceptors (Lipinski definition) is 4. The van der Waals surface area contributed by atoms with Gasteiger partial charge in [-0.15, -0.1) is 0 Å². The van der Waals surface area contributed by atoms with Crippen LogP contribution < -0.4 is 15.4 Å². The fraction of sp³-hybridized carbons (Fsp3) is 0.500. The predicted octanol–water partition coefficient (Wildman–Crippen LogP) is 1.67. The Morgan fingerprint density at radius 3 is 2.48 bits per heavy atom. The highest BCUT2D eigenvalue weighted by Gasteiger charge is 2.29. The molecule has 0 spiro atoms. The fourth-order valence-electron chi connectivity index (χ4n) is 1.55. The van der Waals surface area contributed by atoms with Crippen molar-refractivity contribution >= 4 is 11.8 Å². The van der Waals surface area contributed by atoms with Crippen molar-refractivity contribution in [3.05, 3.63) is 23.9 Å². The first kappa shape index (κ1) is 18.7. The van der Waals surface area contributed by atoms with Gasteiger partial charge in [-0.05, 0) is 32.9 Å². The van der Waals surface area contributed by atoms with Crippen LogP contribution in [-0.4, -0.2) is 41.7 Å². The summed E-state index contributed by atoms with van der Waals surface area (Å²) in [7, 11) is 0. The number of nitrogens with one attached hydrogen (secondary N) is 2. The molecule has 0 saturated heterocycles. The Hall–Kier alpha value is -2.32. The number of alkyl halides is 3. The summed E-state index contributed by atoms with van der Waals surface area (Å²) in [5.74, 6) is -1.62. The minimum atomic E-state index is -4.54. The van der Waals surface area contributed by atoms with Crippen molar-refractivity contribution in [2.45, 2.75) is 32.5 Å². The molecule has 0 aliphatic carbocycles. The molecule has 2 N–H and O–H groups in total. The predicted molar refractivity (Wildman–Crippen MR) is 76.0 cm³/mol. The van der Waals surface area contributed by atoms with E-state index >= 15 is 0 Å². The number of carbonyl (C=O) groups is 2. The van der Waals surface area contributed by atoms with E-state index in [9.17, 15) is 22.8 Å². The van der Waals surface area contributed by atoms with Gasteiger partial charge < -0.3 is 15.4 Å². The number of hydrogen-bond donors (Lipinski definition) is 2. The molecule has 0 aliphatic rings. The van der Waals surface area contributed by atoms with E-state index in [1.165, 1.54) is 18.3 Å². The quantitative estimate of drug-likeness (QED) is 0.859. The minimum absolute atomic E-state index is 0.180. The Kier molecular flexibility index (Phi) is 5.94. The van der Waals surface area contributed by atoms with Crippen molar-refractivity contribution in [3.8, 4) is 5.88 Å². The number of ether oxygens (including phenoxy) is 1. The molecule has 1 aromatic heterocycles. The second-order valence-corrected chi connectivity index (χ2v) is 5.74. The topological polar surface area (TPSA) is 80.3 Å². The molecular formula is C14H18F3N3O3. The smallest absolute Gasteiger partial charge is 0.422 e.